The summed E-state index contributed by atoms with van der Waals surface area (Å²) in [5.74, 6) is 0. The Labute approximate surface area is 128 Å². The molecular formula is C15H27N3O2S. The first-order valence-corrected chi connectivity index (χ1v) is 8.88. The third kappa shape index (κ3) is 4.98. The minimum atomic E-state index is -3.50. The Morgan fingerprint density at radius 1 is 1.19 bits per heavy atom. The van der Waals surface area contributed by atoms with Crippen LogP contribution in [-0.4, -0.2) is 39.5 Å². The molecule has 120 valence electrons. The molecule has 6 heteroatoms. The number of sulfonamides is 1. The van der Waals surface area contributed by atoms with E-state index >= 15 is 0 Å². The van der Waals surface area contributed by atoms with E-state index in [1.54, 1.807) is 19.1 Å². The summed E-state index contributed by atoms with van der Waals surface area (Å²) in [6, 6.07) is 3.45. The first-order chi connectivity index (χ1) is 9.81. The summed E-state index contributed by atoms with van der Waals surface area (Å²) >= 11 is 0. The van der Waals surface area contributed by atoms with E-state index in [1.807, 2.05) is 6.92 Å². The lowest BCUT2D eigenvalue weighted by molar-refractivity contribution is 0.300. The van der Waals surface area contributed by atoms with Crippen molar-refractivity contribution < 1.29 is 8.42 Å². The number of hydrogen-bond acceptors (Lipinski definition) is 4. The van der Waals surface area contributed by atoms with Gasteiger partial charge in [-0.05, 0) is 63.2 Å². The molecule has 0 aliphatic heterocycles. The highest BCUT2D eigenvalue weighted by molar-refractivity contribution is 7.89. The normalized spacial score (nSPS) is 12.0. The molecule has 0 saturated heterocycles. The fraction of sp³-hybridized carbons (Fsp3) is 0.600. The average molecular weight is 313 g/mol. The van der Waals surface area contributed by atoms with Crippen LogP contribution in [0.4, 0.5) is 5.69 Å². The summed E-state index contributed by atoms with van der Waals surface area (Å²) in [6.45, 7) is 11.1. The van der Waals surface area contributed by atoms with Crippen LogP contribution in [0.3, 0.4) is 0 Å². The van der Waals surface area contributed by atoms with E-state index in [-0.39, 0.29) is 4.90 Å². The number of nitrogens with two attached hydrogens (primary N) is 1. The number of anilines is 1. The second-order valence-electron chi connectivity index (χ2n) is 5.26. The van der Waals surface area contributed by atoms with Crippen molar-refractivity contribution in [3.8, 4) is 0 Å². The third-order valence-electron chi connectivity index (χ3n) is 3.67. The molecule has 1 aromatic rings. The van der Waals surface area contributed by atoms with Gasteiger partial charge in [0, 0.05) is 12.2 Å². The molecule has 0 radical (unpaired) electrons. The van der Waals surface area contributed by atoms with E-state index in [0.717, 1.165) is 31.6 Å². The van der Waals surface area contributed by atoms with Crippen LogP contribution in [0.2, 0.25) is 0 Å². The summed E-state index contributed by atoms with van der Waals surface area (Å²) in [4.78, 5) is 2.55. The van der Waals surface area contributed by atoms with E-state index in [9.17, 15) is 8.42 Å². The lowest BCUT2D eigenvalue weighted by Crippen LogP contribution is -2.30. The Kier molecular flexibility index (Phi) is 6.64. The molecule has 1 aromatic carbocycles. The van der Waals surface area contributed by atoms with Crippen molar-refractivity contribution in [3.05, 3.63) is 23.3 Å². The average Bonchev–Trinajstić information content (AvgIpc) is 2.43. The number of hydrogen-bond donors (Lipinski definition) is 2. The summed E-state index contributed by atoms with van der Waals surface area (Å²) in [5, 5.41) is 0. The molecule has 0 spiro atoms. The molecule has 0 saturated carbocycles. The van der Waals surface area contributed by atoms with Gasteiger partial charge in [-0.15, -0.1) is 0 Å². The van der Waals surface area contributed by atoms with E-state index in [4.69, 9.17) is 5.73 Å². The third-order valence-corrected chi connectivity index (χ3v) is 5.26. The lowest BCUT2D eigenvalue weighted by Gasteiger charge is -2.18. The highest BCUT2D eigenvalue weighted by Gasteiger charge is 2.18. The Morgan fingerprint density at radius 3 is 2.38 bits per heavy atom. The standard InChI is InChI=1S/C15H27N3O2S/c1-5-18(6-2)9-7-8-17-21(19,20)15-11-12(3)10-14(16)13(15)4/h10-11,17H,5-9,16H2,1-4H3. The Morgan fingerprint density at radius 2 is 1.81 bits per heavy atom. The summed E-state index contributed by atoms with van der Waals surface area (Å²) < 4.78 is 27.4. The van der Waals surface area contributed by atoms with Crippen molar-refractivity contribution in [1.29, 1.82) is 0 Å². The summed E-state index contributed by atoms with van der Waals surface area (Å²) in [5.41, 5.74) is 7.82. The van der Waals surface area contributed by atoms with Gasteiger partial charge in [-0.25, -0.2) is 13.1 Å². The SMILES string of the molecule is CCN(CC)CCCNS(=O)(=O)c1cc(C)cc(N)c1C. The molecular weight excluding hydrogens is 286 g/mol. The maximum atomic E-state index is 12.4. The lowest BCUT2D eigenvalue weighted by atomic mass is 10.1. The zero-order chi connectivity index (χ0) is 16.0. The highest BCUT2D eigenvalue weighted by atomic mass is 32.2. The van der Waals surface area contributed by atoms with E-state index in [0.29, 0.717) is 17.8 Å². The number of aryl methyl sites for hydroxylation is 1. The van der Waals surface area contributed by atoms with Crippen LogP contribution in [0.15, 0.2) is 17.0 Å². The van der Waals surface area contributed by atoms with Gasteiger partial charge in [0.05, 0.1) is 4.90 Å². The second kappa shape index (κ2) is 7.77. The maximum Gasteiger partial charge on any atom is 0.240 e. The Balaban J connectivity index is 2.71. The topological polar surface area (TPSA) is 75.4 Å². The van der Waals surface area contributed by atoms with Crippen molar-refractivity contribution in [2.24, 2.45) is 0 Å². The molecule has 3 N–H and O–H groups in total. The maximum absolute atomic E-state index is 12.4. The second-order valence-corrected chi connectivity index (χ2v) is 6.99. The van der Waals surface area contributed by atoms with Crippen LogP contribution in [0.25, 0.3) is 0 Å². The smallest absolute Gasteiger partial charge is 0.240 e. The van der Waals surface area contributed by atoms with Gasteiger partial charge in [-0.3, -0.25) is 0 Å². The van der Waals surface area contributed by atoms with Crippen LogP contribution in [0, 0.1) is 13.8 Å². The van der Waals surface area contributed by atoms with Crippen LogP contribution in [-0.2, 0) is 10.0 Å². The predicted molar refractivity (Wildman–Crippen MR) is 87.9 cm³/mol. The van der Waals surface area contributed by atoms with Gasteiger partial charge < -0.3 is 10.6 Å². The van der Waals surface area contributed by atoms with E-state index in [2.05, 4.69) is 23.5 Å². The molecule has 0 fully saturated rings. The molecule has 0 aromatic heterocycles. The zero-order valence-electron chi connectivity index (χ0n) is 13.4. The highest BCUT2D eigenvalue weighted by Crippen LogP contribution is 2.22. The minimum Gasteiger partial charge on any atom is -0.398 e. The van der Waals surface area contributed by atoms with Crippen molar-refractivity contribution in [2.45, 2.75) is 39.0 Å². The molecule has 0 atom stereocenters. The van der Waals surface area contributed by atoms with Gasteiger partial charge in [0.25, 0.3) is 0 Å². The van der Waals surface area contributed by atoms with E-state index < -0.39 is 10.0 Å². The number of nitrogens with one attached hydrogen (secondary N) is 1. The monoisotopic (exact) mass is 313 g/mol. The number of benzene rings is 1. The van der Waals surface area contributed by atoms with Gasteiger partial charge in [0.15, 0.2) is 0 Å². The Bertz CT molecular complexity index is 567. The Hall–Kier alpha value is -1.11. The van der Waals surface area contributed by atoms with Gasteiger partial charge in [0.1, 0.15) is 0 Å². The zero-order valence-corrected chi connectivity index (χ0v) is 14.3. The first kappa shape index (κ1) is 17.9. The van der Waals surface area contributed by atoms with Crippen LogP contribution in [0.1, 0.15) is 31.4 Å². The van der Waals surface area contributed by atoms with Crippen LogP contribution >= 0.6 is 0 Å². The quantitative estimate of drug-likeness (QED) is 0.568. The van der Waals surface area contributed by atoms with Crippen LogP contribution < -0.4 is 10.5 Å². The summed E-state index contributed by atoms with van der Waals surface area (Å²) in [6.07, 6.45) is 0.793. The molecule has 5 nitrogen and oxygen atoms in total. The molecule has 1 rings (SSSR count). The van der Waals surface area contributed by atoms with Crippen molar-refractivity contribution in [2.75, 3.05) is 31.9 Å². The number of rotatable bonds is 8. The molecule has 0 unspecified atom stereocenters. The molecule has 0 aliphatic rings. The van der Waals surface area contributed by atoms with Crippen LogP contribution in [0.5, 0.6) is 0 Å². The van der Waals surface area contributed by atoms with Gasteiger partial charge >= 0.3 is 0 Å². The molecule has 0 bridgehead atoms. The number of nitrogen functional groups attached to an aromatic ring is 1. The van der Waals surface area contributed by atoms with Crippen molar-refractivity contribution in [3.63, 3.8) is 0 Å². The van der Waals surface area contributed by atoms with E-state index in [1.165, 1.54) is 0 Å². The fourth-order valence-corrected chi connectivity index (χ4v) is 3.69. The molecule has 0 amide bonds. The number of nitrogens with zero attached hydrogens (tertiary/aromatic N) is 1. The van der Waals surface area contributed by atoms with Crippen molar-refractivity contribution >= 4 is 15.7 Å². The van der Waals surface area contributed by atoms with Gasteiger partial charge in [-0.1, -0.05) is 13.8 Å². The summed E-state index contributed by atoms with van der Waals surface area (Å²) in [7, 11) is -3.50. The molecule has 0 heterocycles. The predicted octanol–water partition coefficient (Wildman–Crippen LogP) is 1.90. The molecule has 0 aliphatic carbocycles. The largest absolute Gasteiger partial charge is 0.398 e. The van der Waals surface area contributed by atoms with Gasteiger partial charge in [0.2, 0.25) is 10.0 Å². The molecule has 21 heavy (non-hydrogen) atoms. The minimum absolute atomic E-state index is 0.280. The van der Waals surface area contributed by atoms with Crippen molar-refractivity contribution in [1.82, 2.24) is 9.62 Å². The first-order valence-electron chi connectivity index (χ1n) is 7.40. The van der Waals surface area contributed by atoms with Gasteiger partial charge in [-0.2, -0.15) is 0 Å². The fourth-order valence-electron chi connectivity index (χ4n) is 2.26.